The van der Waals surface area contributed by atoms with Gasteiger partial charge in [0.15, 0.2) is 28.8 Å². The summed E-state index contributed by atoms with van der Waals surface area (Å²) >= 11 is 0. The van der Waals surface area contributed by atoms with Crippen molar-refractivity contribution in [1.82, 2.24) is 14.9 Å². The molecule has 2 aromatic rings. The van der Waals surface area contributed by atoms with E-state index in [0.29, 0.717) is 54.0 Å². The molecule has 2 N–H and O–H groups in total. The summed E-state index contributed by atoms with van der Waals surface area (Å²) < 4.78 is 27.2. The first-order valence-electron chi connectivity index (χ1n) is 9.26. The van der Waals surface area contributed by atoms with E-state index in [1.54, 1.807) is 44.0 Å². The molecule has 1 aromatic heterocycles. The Labute approximate surface area is 182 Å². The second-order valence-electron chi connectivity index (χ2n) is 6.09. The molecule has 162 valence electrons. The molecule has 0 fully saturated rings. The van der Waals surface area contributed by atoms with Gasteiger partial charge in [0.2, 0.25) is 0 Å². The summed E-state index contributed by atoms with van der Waals surface area (Å²) in [6.07, 6.45) is 5.81. The number of anilines is 1. The lowest BCUT2D eigenvalue weighted by Crippen LogP contribution is -2.27. The van der Waals surface area contributed by atoms with Gasteiger partial charge in [-0.3, -0.25) is 9.32 Å². The molecule has 31 heavy (non-hydrogen) atoms. The van der Waals surface area contributed by atoms with Crippen molar-refractivity contribution < 1.29 is 23.4 Å². The third-order valence-corrected chi connectivity index (χ3v) is 4.41. The zero-order chi connectivity index (χ0) is 22.6. The second kappa shape index (κ2) is 12.2. The summed E-state index contributed by atoms with van der Waals surface area (Å²) in [6.45, 7) is 0.854. The highest BCUT2D eigenvalue weighted by molar-refractivity contribution is 7.17. The van der Waals surface area contributed by atoms with Crippen molar-refractivity contribution in [3.8, 4) is 35.7 Å². The van der Waals surface area contributed by atoms with Crippen LogP contribution in [0.4, 0.5) is 5.82 Å². The molecule has 0 saturated carbocycles. The van der Waals surface area contributed by atoms with Crippen LogP contribution in [0.3, 0.4) is 0 Å². The molecule has 0 atom stereocenters. The fraction of sp³-hybridized carbons (Fsp3) is 0.333. The molecular formula is C21H23N4O5P. The number of hydrogen-bond acceptors (Lipinski definition) is 7. The standard InChI is InChI=1S/C21H23N4O5P/c1-5-11-23-21(26)19-20(22-12-6-13-30-31-27)24-18(25(19)2)10-8-15-7-9-16(28-3)17(14-15)29-4/h1,7,9,14,22H,6,11-13H2,2-4H3,(H,23,26). The number of benzene rings is 1. The van der Waals surface area contributed by atoms with Crippen LogP contribution < -0.4 is 20.1 Å². The lowest BCUT2D eigenvalue weighted by Gasteiger charge is -2.07. The van der Waals surface area contributed by atoms with Crippen LogP contribution in [0, 0.1) is 24.2 Å². The number of terminal acetylenes is 1. The van der Waals surface area contributed by atoms with E-state index in [9.17, 15) is 9.36 Å². The molecule has 0 bridgehead atoms. The Morgan fingerprint density at radius 1 is 1.26 bits per heavy atom. The van der Waals surface area contributed by atoms with E-state index in [2.05, 4.69) is 33.4 Å². The third-order valence-electron chi connectivity index (χ3n) is 4.12. The average Bonchev–Trinajstić information content (AvgIpc) is 3.10. The normalized spacial score (nSPS) is 10.0. The van der Waals surface area contributed by atoms with Gasteiger partial charge in [0.25, 0.3) is 5.91 Å². The Morgan fingerprint density at radius 3 is 2.71 bits per heavy atom. The summed E-state index contributed by atoms with van der Waals surface area (Å²) in [4.78, 5) is 17.0. The summed E-state index contributed by atoms with van der Waals surface area (Å²) in [5.41, 5.74) is 0.997. The molecule has 1 amide bonds. The maximum Gasteiger partial charge on any atom is 0.327 e. The molecule has 0 radical (unpaired) electrons. The first kappa shape index (κ1) is 23.8. The van der Waals surface area contributed by atoms with Gasteiger partial charge in [-0.25, -0.2) is 9.55 Å². The molecule has 1 aromatic carbocycles. The number of hydrogen-bond donors (Lipinski definition) is 2. The van der Waals surface area contributed by atoms with E-state index < -0.39 is 0 Å². The zero-order valence-corrected chi connectivity index (χ0v) is 18.4. The maximum atomic E-state index is 12.6. The quantitative estimate of drug-likeness (QED) is 0.330. The Bertz CT molecular complexity index is 1030. The fourth-order valence-corrected chi connectivity index (χ4v) is 2.84. The van der Waals surface area contributed by atoms with Crippen molar-refractivity contribution in [1.29, 1.82) is 0 Å². The first-order valence-corrected chi connectivity index (χ1v) is 9.99. The Kier molecular flexibility index (Phi) is 9.38. The van der Waals surface area contributed by atoms with Crippen molar-refractivity contribution in [2.75, 3.05) is 39.2 Å². The van der Waals surface area contributed by atoms with Gasteiger partial charge in [0.05, 0.1) is 27.4 Å². The minimum atomic E-state index is -0.371. The largest absolute Gasteiger partial charge is 0.493 e. The number of carbonyl (C=O) groups is 1. The Hall–Kier alpha value is -3.52. The smallest absolute Gasteiger partial charge is 0.327 e. The predicted octanol–water partition coefficient (Wildman–Crippen LogP) is 2.23. The second-order valence-corrected chi connectivity index (χ2v) is 6.49. The number of carbonyl (C=O) groups excluding carboxylic acids is 1. The van der Waals surface area contributed by atoms with Crippen LogP contribution in [0.5, 0.6) is 11.5 Å². The van der Waals surface area contributed by atoms with Crippen molar-refractivity contribution in [2.45, 2.75) is 6.42 Å². The SMILES string of the molecule is C#CCNC(=O)c1c(NCCCOP=O)nc(C#Cc2ccc(OC)c(OC)c2)n1C. The summed E-state index contributed by atoms with van der Waals surface area (Å²) in [6, 6.07) is 5.31. The molecule has 1 heterocycles. The molecule has 0 saturated heterocycles. The number of aromatic nitrogens is 2. The third kappa shape index (κ3) is 6.48. The topological polar surface area (TPSA) is 104 Å². The summed E-state index contributed by atoms with van der Waals surface area (Å²) in [7, 11) is 4.44. The lowest BCUT2D eigenvalue weighted by atomic mass is 10.2. The van der Waals surface area contributed by atoms with Crippen LogP contribution in [0.15, 0.2) is 18.2 Å². The van der Waals surface area contributed by atoms with Crippen LogP contribution in [0.1, 0.15) is 28.3 Å². The van der Waals surface area contributed by atoms with Crippen molar-refractivity contribution in [3.05, 3.63) is 35.3 Å². The predicted molar refractivity (Wildman–Crippen MR) is 117 cm³/mol. The van der Waals surface area contributed by atoms with Crippen molar-refractivity contribution in [2.24, 2.45) is 7.05 Å². The minimum Gasteiger partial charge on any atom is -0.493 e. The van der Waals surface area contributed by atoms with E-state index in [0.717, 1.165) is 0 Å². The minimum absolute atomic E-state index is 0.0898. The molecule has 0 aliphatic rings. The monoisotopic (exact) mass is 442 g/mol. The Morgan fingerprint density at radius 2 is 2.03 bits per heavy atom. The molecule has 0 aliphatic carbocycles. The highest BCUT2D eigenvalue weighted by Crippen LogP contribution is 2.27. The van der Waals surface area contributed by atoms with Crippen molar-refractivity contribution >= 4 is 20.4 Å². The van der Waals surface area contributed by atoms with E-state index in [1.165, 1.54) is 0 Å². The van der Waals surface area contributed by atoms with Crippen LogP contribution in [0.25, 0.3) is 0 Å². The van der Waals surface area contributed by atoms with E-state index in [4.69, 9.17) is 20.4 Å². The van der Waals surface area contributed by atoms with Gasteiger partial charge in [-0.15, -0.1) is 6.42 Å². The summed E-state index contributed by atoms with van der Waals surface area (Å²) in [5, 5.41) is 5.72. The zero-order valence-electron chi connectivity index (χ0n) is 17.5. The van der Waals surface area contributed by atoms with Gasteiger partial charge >= 0.3 is 8.69 Å². The number of ether oxygens (including phenoxy) is 2. The number of nitrogens with zero attached hydrogens (tertiary/aromatic N) is 2. The first-order chi connectivity index (χ1) is 15.0. The summed E-state index contributed by atoms with van der Waals surface area (Å²) in [5.74, 6) is 9.91. The fourth-order valence-electron chi connectivity index (χ4n) is 2.63. The number of nitrogens with one attached hydrogen (secondary N) is 2. The molecule has 0 unspecified atom stereocenters. The highest BCUT2D eigenvalue weighted by atomic mass is 31.1. The van der Waals surface area contributed by atoms with Gasteiger partial charge in [0.1, 0.15) is 0 Å². The molecule has 10 heteroatoms. The van der Waals surface area contributed by atoms with Crippen LogP contribution >= 0.6 is 8.69 Å². The van der Waals surface area contributed by atoms with Gasteiger partial charge in [-0.2, -0.15) is 0 Å². The number of imidazole rings is 1. The Balaban J connectivity index is 2.31. The van der Waals surface area contributed by atoms with Gasteiger partial charge in [0, 0.05) is 19.2 Å². The van der Waals surface area contributed by atoms with E-state index in [-0.39, 0.29) is 21.1 Å². The van der Waals surface area contributed by atoms with Gasteiger partial charge in [-0.1, -0.05) is 11.8 Å². The lowest BCUT2D eigenvalue weighted by molar-refractivity contribution is 0.0951. The van der Waals surface area contributed by atoms with Crippen LogP contribution in [0.2, 0.25) is 0 Å². The molecule has 9 nitrogen and oxygen atoms in total. The van der Waals surface area contributed by atoms with E-state index >= 15 is 0 Å². The molecular weight excluding hydrogens is 419 g/mol. The van der Waals surface area contributed by atoms with Crippen LogP contribution in [-0.4, -0.2) is 49.4 Å². The average molecular weight is 442 g/mol. The van der Waals surface area contributed by atoms with Gasteiger partial charge < -0.3 is 24.7 Å². The maximum absolute atomic E-state index is 12.6. The number of methoxy groups -OCH3 is 2. The molecule has 0 aliphatic heterocycles. The highest BCUT2D eigenvalue weighted by Gasteiger charge is 2.20. The van der Waals surface area contributed by atoms with Crippen molar-refractivity contribution in [3.63, 3.8) is 0 Å². The van der Waals surface area contributed by atoms with Gasteiger partial charge in [-0.05, 0) is 30.5 Å². The molecule has 0 spiro atoms. The van der Waals surface area contributed by atoms with E-state index in [1.807, 2.05) is 0 Å². The molecule has 2 rings (SSSR count). The number of amides is 1. The van der Waals surface area contributed by atoms with Crippen LogP contribution in [-0.2, 0) is 16.1 Å². The number of rotatable bonds is 10.